The van der Waals surface area contributed by atoms with Crippen molar-refractivity contribution in [1.29, 1.82) is 0 Å². The Morgan fingerprint density at radius 1 is 1.24 bits per heavy atom. The van der Waals surface area contributed by atoms with E-state index in [4.69, 9.17) is 12.2 Å². The summed E-state index contributed by atoms with van der Waals surface area (Å²) < 4.78 is 1.37. The first-order chi connectivity index (χ1) is 13.9. The SMILES string of the molecule is CC(C)c1ccc(-n2c(O)c(C=NNC(=O)c3ccncc3)c(=O)[nH]c2=S)cc1. The number of aromatic hydroxyl groups is 1. The van der Waals surface area contributed by atoms with Crippen LogP contribution in [-0.2, 0) is 0 Å². The number of nitrogens with zero attached hydrogens (tertiary/aromatic N) is 3. The third-order valence-corrected chi connectivity index (χ3v) is 4.53. The summed E-state index contributed by atoms with van der Waals surface area (Å²) in [6.45, 7) is 4.15. The summed E-state index contributed by atoms with van der Waals surface area (Å²) in [5, 5.41) is 14.4. The Morgan fingerprint density at radius 2 is 1.90 bits per heavy atom. The van der Waals surface area contributed by atoms with E-state index >= 15 is 0 Å². The van der Waals surface area contributed by atoms with Crippen LogP contribution in [0.4, 0.5) is 0 Å². The average Bonchev–Trinajstić information content (AvgIpc) is 2.71. The van der Waals surface area contributed by atoms with Gasteiger partial charge in [0.05, 0.1) is 11.9 Å². The number of rotatable bonds is 5. The van der Waals surface area contributed by atoms with Crippen molar-refractivity contribution in [2.75, 3.05) is 0 Å². The minimum absolute atomic E-state index is 0.0442. The van der Waals surface area contributed by atoms with Gasteiger partial charge < -0.3 is 5.11 Å². The summed E-state index contributed by atoms with van der Waals surface area (Å²) in [5.41, 5.74) is 3.61. The molecule has 1 amide bonds. The molecule has 0 bridgehead atoms. The van der Waals surface area contributed by atoms with E-state index in [9.17, 15) is 14.7 Å². The van der Waals surface area contributed by atoms with E-state index in [1.54, 1.807) is 12.1 Å². The molecule has 0 saturated carbocycles. The second-order valence-electron chi connectivity index (χ2n) is 6.51. The Labute approximate surface area is 171 Å². The average molecular weight is 409 g/mol. The van der Waals surface area contributed by atoms with E-state index in [0.717, 1.165) is 11.8 Å². The van der Waals surface area contributed by atoms with Gasteiger partial charge in [0.2, 0.25) is 5.88 Å². The van der Waals surface area contributed by atoms with Crippen LogP contribution >= 0.6 is 12.2 Å². The largest absolute Gasteiger partial charge is 0.494 e. The topological polar surface area (TPSA) is 112 Å². The van der Waals surface area contributed by atoms with Crippen molar-refractivity contribution in [3.05, 3.63) is 80.6 Å². The number of aromatic amines is 1. The summed E-state index contributed by atoms with van der Waals surface area (Å²) >= 11 is 5.20. The highest BCUT2D eigenvalue weighted by Gasteiger charge is 2.13. The van der Waals surface area contributed by atoms with Gasteiger partial charge in [-0.25, -0.2) is 5.43 Å². The second kappa shape index (κ2) is 8.61. The number of hydrogen-bond donors (Lipinski definition) is 3. The van der Waals surface area contributed by atoms with Crippen LogP contribution in [0.1, 0.15) is 41.3 Å². The normalized spacial score (nSPS) is 11.1. The minimum Gasteiger partial charge on any atom is -0.494 e. The molecular weight excluding hydrogens is 390 g/mol. The van der Waals surface area contributed by atoms with Gasteiger partial charge in [0.1, 0.15) is 5.56 Å². The molecule has 2 heterocycles. The minimum atomic E-state index is -0.621. The molecule has 29 heavy (non-hydrogen) atoms. The van der Waals surface area contributed by atoms with Crippen LogP contribution < -0.4 is 11.0 Å². The molecule has 0 fully saturated rings. The highest BCUT2D eigenvalue weighted by atomic mass is 32.1. The molecule has 0 aliphatic carbocycles. The van der Waals surface area contributed by atoms with Gasteiger partial charge in [-0.3, -0.25) is 24.1 Å². The Morgan fingerprint density at radius 3 is 2.52 bits per heavy atom. The quantitative estimate of drug-likeness (QED) is 0.341. The lowest BCUT2D eigenvalue weighted by Gasteiger charge is -2.12. The standard InChI is InChI=1S/C20H19N5O3S/c1-12(2)13-3-5-15(6-4-13)25-19(28)16(18(27)23-20(25)29)11-22-24-17(26)14-7-9-21-10-8-14/h3-12,28H,1-2H3,(H,24,26)(H,23,27,29). The van der Waals surface area contributed by atoms with Crippen molar-refractivity contribution >= 4 is 24.3 Å². The van der Waals surface area contributed by atoms with Crippen molar-refractivity contribution in [2.24, 2.45) is 5.10 Å². The molecule has 2 aromatic heterocycles. The van der Waals surface area contributed by atoms with Crippen molar-refractivity contribution < 1.29 is 9.90 Å². The van der Waals surface area contributed by atoms with E-state index in [1.807, 2.05) is 12.1 Å². The van der Waals surface area contributed by atoms with Crippen molar-refractivity contribution in [1.82, 2.24) is 20.0 Å². The number of hydrazone groups is 1. The van der Waals surface area contributed by atoms with Crippen LogP contribution in [0.2, 0.25) is 0 Å². The lowest BCUT2D eigenvalue weighted by atomic mass is 10.0. The van der Waals surface area contributed by atoms with Gasteiger partial charge in [-0.15, -0.1) is 0 Å². The molecular formula is C20H19N5O3S. The zero-order valence-corrected chi connectivity index (χ0v) is 16.6. The van der Waals surface area contributed by atoms with Gasteiger partial charge in [0.15, 0.2) is 4.77 Å². The highest BCUT2D eigenvalue weighted by molar-refractivity contribution is 7.71. The smallest absolute Gasteiger partial charge is 0.271 e. The molecule has 9 heteroatoms. The van der Waals surface area contributed by atoms with Crippen molar-refractivity contribution in [3.63, 3.8) is 0 Å². The molecule has 3 aromatic rings. The molecule has 148 valence electrons. The lowest BCUT2D eigenvalue weighted by molar-refractivity contribution is 0.0955. The van der Waals surface area contributed by atoms with Crippen molar-refractivity contribution in [3.8, 4) is 11.6 Å². The maximum Gasteiger partial charge on any atom is 0.271 e. The predicted octanol–water partition coefficient (Wildman–Crippen LogP) is 2.88. The van der Waals surface area contributed by atoms with Gasteiger partial charge in [-0.2, -0.15) is 5.10 Å². The fraction of sp³-hybridized carbons (Fsp3) is 0.150. The van der Waals surface area contributed by atoms with E-state index in [-0.39, 0.29) is 16.2 Å². The first-order valence-electron chi connectivity index (χ1n) is 8.80. The first kappa shape index (κ1) is 20.2. The third kappa shape index (κ3) is 4.46. The Hall–Kier alpha value is -3.59. The lowest BCUT2D eigenvalue weighted by Crippen LogP contribution is -2.21. The number of aromatic nitrogens is 3. The van der Waals surface area contributed by atoms with Crippen molar-refractivity contribution in [2.45, 2.75) is 19.8 Å². The van der Waals surface area contributed by atoms with Crippen LogP contribution in [0.15, 0.2) is 58.7 Å². The predicted molar refractivity (Wildman–Crippen MR) is 112 cm³/mol. The van der Waals surface area contributed by atoms with Crippen LogP contribution in [0, 0.1) is 4.77 Å². The van der Waals surface area contributed by atoms with Gasteiger partial charge in [0, 0.05) is 18.0 Å². The summed E-state index contributed by atoms with van der Waals surface area (Å²) in [7, 11) is 0. The fourth-order valence-corrected chi connectivity index (χ4v) is 2.91. The number of H-pyrrole nitrogens is 1. The van der Waals surface area contributed by atoms with E-state index < -0.39 is 11.5 Å². The molecule has 0 aliphatic rings. The molecule has 0 radical (unpaired) electrons. The maximum atomic E-state index is 12.2. The zero-order valence-electron chi connectivity index (χ0n) is 15.8. The van der Waals surface area contributed by atoms with Gasteiger partial charge >= 0.3 is 0 Å². The van der Waals surface area contributed by atoms with Crippen LogP contribution in [0.25, 0.3) is 5.69 Å². The molecule has 0 unspecified atom stereocenters. The summed E-state index contributed by atoms with van der Waals surface area (Å²) in [6.07, 6.45) is 4.02. The summed E-state index contributed by atoms with van der Waals surface area (Å²) in [6, 6.07) is 10.5. The van der Waals surface area contributed by atoms with Crippen LogP contribution in [-0.4, -0.2) is 31.8 Å². The zero-order chi connectivity index (χ0) is 21.0. The van der Waals surface area contributed by atoms with E-state index in [1.165, 1.54) is 29.1 Å². The third-order valence-electron chi connectivity index (χ3n) is 4.24. The molecule has 8 nitrogen and oxygen atoms in total. The second-order valence-corrected chi connectivity index (χ2v) is 6.90. The van der Waals surface area contributed by atoms with E-state index in [2.05, 4.69) is 34.3 Å². The molecule has 1 aromatic carbocycles. The number of benzene rings is 1. The molecule has 3 N–H and O–H groups in total. The highest BCUT2D eigenvalue weighted by Crippen LogP contribution is 2.21. The Bertz CT molecular complexity index is 1170. The summed E-state index contributed by atoms with van der Waals surface area (Å²) in [5.74, 6) is -0.498. The monoisotopic (exact) mass is 409 g/mol. The molecule has 0 aliphatic heterocycles. The molecule has 0 atom stereocenters. The van der Waals surface area contributed by atoms with Gasteiger partial charge in [0.25, 0.3) is 11.5 Å². The van der Waals surface area contributed by atoms with Gasteiger partial charge in [-0.1, -0.05) is 26.0 Å². The summed E-state index contributed by atoms with van der Waals surface area (Å²) in [4.78, 5) is 30.6. The van der Waals surface area contributed by atoms with Gasteiger partial charge in [-0.05, 0) is 48.0 Å². The number of hydrogen-bond acceptors (Lipinski definition) is 6. The number of amides is 1. The maximum absolute atomic E-state index is 12.2. The van der Waals surface area contributed by atoms with E-state index in [0.29, 0.717) is 17.2 Å². The number of pyridine rings is 1. The number of carbonyl (C=O) groups is 1. The number of nitrogens with one attached hydrogen (secondary N) is 2. The molecule has 0 saturated heterocycles. The van der Waals surface area contributed by atoms with Crippen LogP contribution in [0.3, 0.4) is 0 Å². The Balaban J connectivity index is 1.92. The molecule has 0 spiro atoms. The Kier molecular flexibility index (Phi) is 5.99. The fourth-order valence-electron chi connectivity index (χ4n) is 2.63. The first-order valence-corrected chi connectivity index (χ1v) is 9.21. The number of carbonyl (C=O) groups excluding carboxylic acids is 1. The van der Waals surface area contributed by atoms with Crippen LogP contribution in [0.5, 0.6) is 5.88 Å². The molecule has 3 rings (SSSR count).